The molecule has 3 aromatic rings. The molecule has 4 nitrogen and oxygen atoms in total. The van der Waals surface area contributed by atoms with E-state index in [2.05, 4.69) is 34.5 Å². The molecular weight excluding hydrogens is 248 g/mol. The van der Waals surface area contributed by atoms with Crippen molar-refractivity contribution in [3.8, 4) is 16.8 Å². The Bertz CT molecular complexity index is 688. The number of aromatic nitrogens is 3. The molecule has 0 aliphatic heterocycles. The SMILES string of the molecule is CCNc1cc(-n2cc(-c3ccccc3)cn2)ccn1. The Balaban J connectivity index is 1.92. The first-order valence-electron chi connectivity index (χ1n) is 6.67. The lowest BCUT2D eigenvalue weighted by atomic mass is 10.1. The Kier molecular flexibility index (Phi) is 3.46. The van der Waals surface area contributed by atoms with Crippen LogP contribution < -0.4 is 5.32 Å². The van der Waals surface area contributed by atoms with Gasteiger partial charge in [-0.1, -0.05) is 30.3 Å². The van der Waals surface area contributed by atoms with Crippen LogP contribution in [0.4, 0.5) is 5.82 Å². The summed E-state index contributed by atoms with van der Waals surface area (Å²) in [6.07, 6.45) is 5.69. The number of nitrogens with one attached hydrogen (secondary N) is 1. The van der Waals surface area contributed by atoms with Crippen molar-refractivity contribution in [3.05, 3.63) is 61.1 Å². The van der Waals surface area contributed by atoms with E-state index in [0.717, 1.165) is 23.6 Å². The van der Waals surface area contributed by atoms with E-state index < -0.39 is 0 Å². The van der Waals surface area contributed by atoms with E-state index in [9.17, 15) is 0 Å². The zero-order valence-corrected chi connectivity index (χ0v) is 11.3. The summed E-state index contributed by atoms with van der Waals surface area (Å²) in [5.74, 6) is 0.863. The highest BCUT2D eigenvalue weighted by Gasteiger charge is 2.04. The predicted octanol–water partition coefficient (Wildman–Crippen LogP) is 3.37. The Morgan fingerprint density at radius 1 is 1.10 bits per heavy atom. The normalized spacial score (nSPS) is 10.4. The molecule has 2 aromatic heterocycles. The van der Waals surface area contributed by atoms with Gasteiger partial charge in [0.2, 0.25) is 0 Å². The molecule has 0 bridgehead atoms. The second-order valence-corrected chi connectivity index (χ2v) is 4.47. The monoisotopic (exact) mass is 264 g/mol. The summed E-state index contributed by atoms with van der Waals surface area (Å²) in [6.45, 7) is 2.90. The summed E-state index contributed by atoms with van der Waals surface area (Å²) in [5.41, 5.74) is 3.27. The Morgan fingerprint density at radius 2 is 1.95 bits per heavy atom. The van der Waals surface area contributed by atoms with E-state index in [1.54, 1.807) is 6.20 Å². The van der Waals surface area contributed by atoms with Crippen molar-refractivity contribution in [1.82, 2.24) is 14.8 Å². The fourth-order valence-electron chi connectivity index (χ4n) is 2.08. The number of nitrogens with zero attached hydrogens (tertiary/aromatic N) is 3. The van der Waals surface area contributed by atoms with Crippen LogP contribution in [0.5, 0.6) is 0 Å². The van der Waals surface area contributed by atoms with E-state index in [1.165, 1.54) is 5.56 Å². The second-order valence-electron chi connectivity index (χ2n) is 4.47. The first kappa shape index (κ1) is 12.4. The standard InChI is InChI=1S/C16H16N4/c1-2-17-16-10-15(8-9-18-16)20-12-14(11-19-20)13-6-4-3-5-7-13/h3-12H,2H2,1H3,(H,17,18). The number of benzene rings is 1. The van der Waals surface area contributed by atoms with Gasteiger partial charge in [0.25, 0.3) is 0 Å². The lowest BCUT2D eigenvalue weighted by Crippen LogP contribution is -2.01. The summed E-state index contributed by atoms with van der Waals surface area (Å²) in [6, 6.07) is 14.2. The van der Waals surface area contributed by atoms with Crippen LogP contribution in [0.15, 0.2) is 61.1 Å². The quantitative estimate of drug-likeness (QED) is 0.785. The van der Waals surface area contributed by atoms with E-state index in [-0.39, 0.29) is 0 Å². The van der Waals surface area contributed by atoms with Gasteiger partial charge in [0.05, 0.1) is 11.9 Å². The van der Waals surface area contributed by atoms with E-state index in [1.807, 2.05) is 47.4 Å². The number of rotatable bonds is 4. The molecule has 0 saturated heterocycles. The molecule has 0 atom stereocenters. The molecule has 0 aliphatic rings. The smallest absolute Gasteiger partial charge is 0.128 e. The molecule has 3 rings (SSSR count). The van der Waals surface area contributed by atoms with Gasteiger partial charge in [-0.05, 0) is 18.6 Å². The lowest BCUT2D eigenvalue weighted by Gasteiger charge is -2.05. The second kappa shape index (κ2) is 5.57. The first-order chi connectivity index (χ1) is 9.86. The van der Waals surface area contributed by atoms with E-state index >= 15 is 0 Å². The van der Waals surface area contributed by atoms with Gasteiger partial charge in [0.15, 0.2) is 0 Å². The largest absolute Gasteiger partial charge is 0.370 e. The zero-order valence-electron chi connectivity index (χ0n) is 11.3. The van der Waals surface area contributed by atoms with Crippen LogP contribution in [-0.4, -0.2) is 21.3 Å². The topological polar surface area (TPSA) is 42.7 Å². The molecule has 2 heterocycles. The molecule has 0 spiro atoms. The summed E-state index contributed by atoms with van der Waals surface area (Å²) in [7, 11) is 0. The molecule has 0 radical (unpaired) electrons. The zero-order chi connectivity index (χ0) is 13.8. The van der Waals surface area contributed by atoms with E-state index in [4.69, 9.17) is 0 Å². The van der Waals surface area contributed by atoms with Crippen molar-refractivity contribution in [2.24, 2.45) is 0 Å². The van der Waals surface area contributed by atoms with Gasteiger partial charge in [-0.15, -0.1) is 0 Å². The summed E-state index contributed by atoms with van der Waals surface area (Å²) in [5, 5.41) is 7.63. The van der Waals surface area contributed by atoms with Crippen molar-refractivity contribution in [1.29, 1.82) is 0 Å². The van der Waals surface area contributed by atoms with Gasteiger partial charge >= 0.3 is 0 Å². The van der Waals surface area contributed by atoms with Gasteiger partial charge in [-0.2, -0.15) is 5.10 Å². The molecule has 1 aromatic carbocycles. The van der Waals surface area contributed by atoms with E-state index in [0.29, 0.717) is 0 Å². The molecule has 20 heavy (non-hydrogen) atoms. The van der Waals surface area contributed by atoms with Crippen molar-refractivity contribution in [2.75, 3.05) is 11.9 Å². The summed E-state index contributed by atoms with van der Waals surface area (Å²) < 4.78 is 1.87. The van der Waals surface area contributed by atoms with Crippen LogP contribution in [0.25, 0.3) is 16.8 Å². The van der Waals surface area contributed by atoms with Crippen molar-refractivity contribution in [2.45, 2.75) is 6.92 Å². The Morgan fingerprint density at radius 3 is 2.75 bits per heavy atom. The fourth-order valence-corrected chi connectivity index (χ4v) is 2.08. The summed E-state index contributed by atoms with van der Waals surface area (Å²) >= 11 is 0. The molecule has 1 N–H and O–H groups in total. The van der Waals surface area contributed by atoms with Gasteiger partial charge in [-0.25, -0.2) is 9.67 Å². The van der Waals surface area contributed by atoms with Crippen molar-refractivity contribution < 1.29 is 0 Å². The molecule has 0 amide bonds. The van der Waals surface area contributed by atoms with Crippen LogP contribution in [0.1, 0.15) is 6.92 Å². The number of pyridine rings is 1. The number of anilines is 1. The van der Waals surface area contributed by atoms with Crippen molar-refractivity contribution in [3.63, 3.8) is 0 Å². The highest BCUT2D eigenvalue weighted by atomic mass is 15.3. The van der Waals surface area contributed by atoms with Crippen LogP contribution in [-0.2, 0) is 0 Å². The van der Waals surface area contributed by atoms with Crippen LogP contribution in [0.2, 0.25) is 0 Å². The van der Waals surface area contributed by atoms with Gasteiger partial charge < -0.3 is 5.32 Å². The maximum absolute atomic E-state index is 4.43. The fraction of sp³-hybridized carbons (Fsp3) is 0.125. The first-order valence-corrected chi connectivity index (χ1v) is 6.67. The molecule has 100 valence electrons. The van der Waals surface area contributed by atoms with Gasteiger partial charge in [0.1, 0.15) is 5.82 Å². The Labute approximate surface area is 118 Å². The molecule has 0 saturated carbocycles. The third-order valence-electron chi connectivity index (χ3n) is 3.06. The predicted molar refractivity (Wildman–Crippen MR) is 81.0 cm³/mol. The maximum Gasteiger partial charge on any atom is 0.128 e. The minimum atomic E-state index is 0.852. The molecular formula is C16H16N4. The van der Waals surface area contributed by atoms with Crippen LogP contribution in [0, 0.1) is 0 Å². The van der Waals surface area contributed by atoms with Crippen molar-refractivity contribution >= 4 is 5.82 Å². The van der Waals surface area contributed by atoms with Crippen LogP contribution >= 0.6 is 0 Å². The summed E-state index contributed by atoms with van der Waals surface area (Å²) in [4.78, 5) is 4.27. The van der Waals surface area contributed by atoms with Crippen LogP contribution in [0.3, 0.4) is 0 Å². The molecule has 0 aliphatic carbocycles. The Hall–Kier alpha value is -2.62. The number of hydrogen-bond acceptors (Lipinski definition) is 3. The maximum atomic E-state index is 4.43. The highest BCUT2D eigenvalue weighted by Crippen LogP contribution is 2.20. The molecule has 0 fully saturated rings. The highest BCUT2D eigenvalue weighted by molar-refractivity contribution is 5.62. The third-order valence-corrected chi connectivity index (χ3v) is 3.06. The van der Waals surface area contributed by atoms with Gasteiger partial charge in [-0.3, -0.25) is 0 Å². The average Bonchev–Trinajstić information content (AvgIpc) is 2.99. The van der Waals surface area contributed by atoms with Gasteiger partial charge in [0, 0.05) is 30.6 Å². The molecule has 0 unspecified atom stereocenters. The average molecular weight is 264 g/mol. The lowest BCUT2D eigenvalue weighted by molar-refractivity contribution is 0.877. The minimum absolute atomic E-state index is 0.852. The number of hydrogen-bond donors (Lipinski definition) is 1. The molecule has 4 heteroatoms. The minimum Gasteiger partial charge on any atom is -0.370 e. The third kappa shape index (κ3) is 2.54.